The summed E-state index contributed by atoms with van der Waals surface area (Å²) in [7, 11) is 0. The summed E-state index contributed by atoms with van der Waals surface area (Å²) in [6.45, 7) is 6.12. The van der Waals surface area contributed by atoms with Crippen LogP contribution in [0.1, 0.15) is 45.1 Å². The van der Waals surface area contributed by atoms with E-state index in [9.17, 15) is 9.59 Å². The molecule has 1 aromatic carbocycles. The van der Waals surface area contributed by atoms with E-state index in [2.05, 4.69) is 13.8 Å². The van der Waals surface area contributed by atoms with Crippen LogP contribution in [0, 0.1) is 0 Å². The average molecular weight is 263 g/mol. The van der Waals surface area contributed by atoms with Crippen LogP contribution >= 0.6 is 0 Å². The molecule has 4 nitrogen and oxygen atoms in total. The van der Waals surface area contributed by atoms with Crippen molar-refractivity contribution in [3.63, 3.8) is 0 Å². The lowest BCUT2D eigenvalue weighted by atomic mass is 10.00. The van der Waals surface area contributed by atoms with Crippen molar-refractivity contribution in [2.45, 2.75) is 39.5 Å². The van der Waals surface area contributed by atoms with Crippen molar-refractivity contribution in [1.82, 2.24) is 0 Å². The normalized spacial score (nSPS) is 10.5. The Morgan fingerprint density at radius 2 is 1.89 bits per heavy atom. The molecule has 0 aliphatic heterocycles. The number of para-hydroxylation sites is 1. The molecule has 0 unspecified atom stereocenters. The van der Waals surface area contributed by atoms with Crippen molar-refractivity contribution in [1.29, 1.82) is 0 Å². The number of hydrogen-bond donors (Lipinski definition) is 1. The average Bonchev–Trinajstić information content (AvgIpc) is 2.38. The van der Waals surface area contributed by atoms with E-state index in [-0.39, 0.29) is 24.8 Å². The third kappa shape index (κ3) is 4.09. The maximum Gasteiger partial charge on any atom is 0.305 e. The molecule has 1 rings (SSSR count). The summed E-state index contributed by atoms with van der Waals surface area (Å²) in [5.41, 5.74) is 1.89. The molecule has 0 atom stereocenters. The fourth-order valence-electron chi connectivity index (χ4n) is 2.00. The van der Waals surface area contributed by atoms with Gasteiger partial charge >= 0.3 is 5.97 Å². The lowest BCUT2D eigenvalue weighted by molar-refractivity contribution is -0.136. The summed E-state index contributed by atoms with van der Waals surface area (Å²) < 4.78 is 0. The van der Waals surface area contributed by atoms with Gasteiger partial charge in [-0.3, -0.25) is 9.59 Å². The fourth-order valence-corrected chi connectivity index (χ4v) is 2.00. The largest absolute Gasteiger partial charge is 0.481 e. The molecular weight excluding hydrogens is 242 g/mol. The van der Waals surface area contributed by atoms with Gasteiger partial charge < -0.3 is 10.0 Å². The van der Waals surface area contributed by atoms with E-state index in [1.807, 2.05) is 24.3 Å². The zero-order valence-corrected chi connectivity index (χ0v) is 11.7. The highest BCUT2D eigenvalue weighted by molar-refractivity contribution is 5.94. The van der Waals surface area contributed by atoms with Crippen molar-refractivity contribution in [2.75, 3.05) is 11.4 Å². The van der Waals surface area contributed by atoms with Gasteiger partial charge in [-0.2, -0.15) is 0 Å². The molecule has 1 amide bonds. The van der Waals surface area contributed by atoms with Gasteiger partial charge in [-0.1, -0.05) is 39.0 Å². The molecule has 1 aromatic rings. The van der Waals surface area contributed by atoms with Crippen LogP contribution in [0.4, 0.5) is 5.69 Å². The molecule has 0 aliphatic rings. The first-order valence-electron chi connectivity index (χ1n) is 6.58. The van der Waals surface area contributed by atoms with Crippen molar-refractivity contribution in [3.8, 4) is 0 Å². The third-order valence-electron chi connectivity index (χ3n) is 3.00. The Balaban J connectivity index is 3.09. The van der Waals surface area contributed by atoms with Crippen LogP contribution < -0.4 is 4.90 Å². The van der Waals surface area contributed by atoms with E-state index >= 15 is 0 Å². The number of carboxylic acid groups (broad SMARTS) is 1. The zero-order valence-electron chi connectivity index (χ0n) is 11.7. The molecule has 0 spiro atoms. The minimum absolute atomic E-state index is 0.0435. The van der Waals surface area contributed by atoms with Crippen molar-refractivity contribution in [2.24, 2.45) is 0 Å². The quantitative estimate of drug-likeness (QED) is 0.858. The van der Waals surface area contributed by atoms with Crippen LogP contribution in [0.25, 0.3) is 0 Å². The maximum absolute atomic E-state index is 12.0. The second-order valence-electron chi connectivity index (χ2n) is 4.76. The van der Waals surface area contributed by atoms with Crippen LogP contribution in [-0.2, 0) is 9.59 Å². The van der Waals surface area contributed by atoms with Gasteiger partial charge in [0, 0.05) is 18.7 Å². The SMILES string of the molecule is CCC(=O)N(CCC(=O)O)c1ccccc1C(C)C. The van der Waals surface area contributed by atoms with Gasteiger partial charge in [-0.05, 0) is 17.5 Å². The topological polar surface area (TPSA) is 57.6 Å². The predicted octanol–water partition coefficient (Wildman–Crippen LogP) is 3.03. The highest BCUT2D eigenvalue weighted by Gasteiger charge is 2.19. The molecule has 4 heteroatoms. The number of hydrogen-bond acceptors (Lipinski definition) is 2. The molecule has 0 fully saturated rings. The molecule has 0 saturated carbocycles. The monoisotopic (exact) mass is 263 g/mol. The Kier molecular flexibility index (Phi) is 5.55. The predicted molar refractivity (Wildman–Crippen MR) is 75.4 cm³/mol. The van der Waals surface area contributed by atoms with Crippen molar-refractivity contribution in [3.05, 3.63) is 29.8 Å². The van der Waals surface area contributed by atoms with Crippen LogP contribution in [0.5, 0.6) is 0 Å². The number of carboxylic acids is 1. The lowest BCUT2D eigenvalue weighted by Gasteiger charge is -2.25. The standard InChI is InChI=1S/C15H21NO3/c1-4-14(17)16(10-9-15(18)19)13-8-6-5-7-12(13)11(2)3/h5-8,11H,4,9-10H2,1-3H3,(H,18,19). The Morgan fingerprint density at radius 1 is 1.26 bits per heavy atom. The Labute approximate surface area is 114 Å². The minimum atomic E-state index is -0.893. The van der Waals surface area contributed by atoms with Gasteiger partial charge in [0.15, 0.2) is 0 Å². The molecule has 0 radical (unpaired) electrons. The van der Waals surface area contributed by atoms with E-state index < -0.39 is 5.97 Å². The van der Waals surface area contributed by atoms with E-state index in [4.69, 9.17) is 5.11 Å². The van der Waals surface area contributed by atoms with Crippen molar-refractivity contribution >= 4 is 17.6 Å². The Bertz CT molecular complexity index is 454. The first-order valence-corrected chi connectivity index (χ1v) is 6.58. The number of nitrogens with zero attached hydrogens (tertiary/aromatic N) is 1. The van der Waals surface area contributed by atoms with Crippen molar-refractivity contribution < 1.29 is 14.7 Å². The third-order valence-corrected chi connectivity index (χ3v) is 3.00. The van der Waals surface area contributed by atoms with Crippen LogP contribution in [0.2, 0.25) is 0 Å². The van der Waals surface area contributed by atoms with Gasteiger partial charge in [-0.15, -0.1) is 0 Å². The molecular formula is C15H21NO3. The lowest BCUT2D eigenvalue weighted by Crippen LogP contribution is -2.33. The van der Waals surface area contributed by atoms with E-state index in [1.54, 1.807) is 11.8 Å². The fraction of sp³-hybridized carbons (Fsp3) is 0.467. The van der Waals surface area contributed by atoms with Gasteiger partial charge in [0.05, 0.1) is 6.42 Å². The summed E-state index contributed by atoms with van der Waals surface area (Å²) in [4.78, 5) is 24.3. The smallest absolute Gasteiger partial charge is 0.305 e. The first kappa shape index (κ1) is 15.2. The zero-order chi connectivity index (χ0) is 14.4. The van der Waals surface area contributed by atoms with Gasteiger partial charge in [0.2, 0.25) is 5.91 Å². The van der Waals surface area contributed by atoms with E-state index in [1.165, 1.54) is 0 Å². The first-order chi connectivity index (χ1) is 8.97. The van der Waals surface area contributed by atoms with Crippen LogP contribution in [-0.4, -0.2) is 23.5 Å². The van der Waals surface area contributed by atoms with Gasteiger partial charge in [-0.25, -0.2) is 0 Å². The van der Waals surface area contributed by atoms with Crippen LogP contribution in [0.15, 0.2) is 24.3 Å². The summed E-state index contributed by atoms with van der Waals surface area (Å²) in [6.07, 6.45) is 0.324. The molecule has 1 N–H and O–H groups in total. The van der Waals surface area contributed by atoms with Gasteiger partial charge in [0.1, 0.15) is 0 Å². The Hall–Kier alpha value is -1.84. The highest BCUT2D eigenvalue weighted by Crippen LogP contribution is 2.27. The van der Waals surface area contributed by atoms with Gasteiger partial charge in [0.25, 0.3) is 0 Å². The molecule has 0 aliphatic carbocycles. The number of rotatable bonds is 6. The number of amides is 1. The van der Waals surface area contributed by atoms with E-state index in [0.717, 1.165) is 11.3 Å². The Morgan fingerprint density at radius 3 is 2.42 bits per heavy atom. The number of carbonyl (C=O) groups is 2. The highest BCUT2D eigenvalue weighted by atomic mass is 16.4. The molecule has 0 bridgehead atoms. The summed E-state index contributed by atoms with van der Waals surface area (Å²) in [5.74, 6) is -0.654. The summed E-state index contributed by atoms with van der Waals surface area (Å²) in [5, 5.41) is 8.80. The molecule has 0 heterocycles. The number of carbonyl (C=O) groups excluding carboxylic acids is 1. The second-order valence-corrected chi connectivity index (χ2v) is 4.76. The molecule has 19 heavy (non-hydrogen) atoms. The maximum atomic E-state index is 12.0. The second kappa shape index (κ2) is 6.92. The number of anilines is 1. The molecule has 0 aromatic heterocycles. The molecule has 0 saturated heterocycles. The van der Waals surface area contributed by atoms with E-state index in [0.29, 0.717) is 6.42 Å². The minimum Gasteiger partial charge on any atom is -0.481 e. The molecule has 104 valence electrons. The number of aliphatic carboxylic acids is 1. The number of benzene rings is 1. The summed E-state index contributed by atoms with van der Waals surface area (Å²) >= 11 is 0. The summed E-state index contributed by atoms with van der Waals surface area (Å²) in [6, 6.07) is 7.67. The van der Waals surface area contributed by atoms with Crippen LogP contribution in [0.3, 0.4) is 0 Å².